The molecular formula is C14H11BrINO. The van der Waals surface area contributed by atoms with Gasteiger partial charge in [0.25, 0.3) is 5.91 Å². The molecule has 0 aliphatic rings. The average molecular weight is 416 g/mol. The number of carbonyl (C=O) groups is 1. The van der Waals surface area contributed by atoms with Gasteiger partial charge in [0.2, 0.25) is 0 Å². The van der Waals surface area contributed by atoms with E-state index in [2.05, 4.69) is 43.8 Å². The zero-order chi connectivity index (χ0) is 13.1. The Morgan fingerprint density at radius 2 is 1.94 bits per heavy atom. The van der Waals surface area contributed by atoms with Crippen molar-refractivity contribution >= 4 is 50.1 Å². The molecule has 1 N–H and O–H groups in total. The fraction of sp³-hybridized carbons (Fsp3) is 0.0714. The number of benzene rings is 2. The van der Waals surface area contributed by atoms with Gasteiger partial charge in [-0.2, -0.15) is 0 Å². The van der Waals surface area contributed by atoms with Gasteiger partial charge in [0, 0.05) is 8.04 Å². The molecule has 0 fully saturated rings. The number of halogens is 2. The molecule has 0 aromatic heterocycles. The van der Waals surface area contributed by atoms with Crippen LogP contribution in [0.5, 0.6) is 0 Å². The number of aryl methyl sites for hydroxylation is 1. The lowest BCUT2D eigenvalue weighted by Crippen LogP contribution is -2.13. The van der Waals surface area contributed by atoms with Crippen LogP contribution in [0, 0.1) is 10.5 Å². The maximum Gasteiger partial charge on any atom is 0.256 e. The predicted molar refractivity (Wildman–Crippen MR) is 86.0 cm³/mol. The molecule has 0 unspecified atom stereocenters. The van der Waals surface area contributed by atoms with Gasteiger partial charge in [0.1, 0.15) is 0 Å². The Morgan fingerprint density at radius 1 is 1.22 bits per heavy atom. The van der Waals surface area contributed by atoms with Gasteiger partial charge in [-0.3, -0.25) is 4.79 Å². The van der Waals surface area contributed by atoms with Crippen molar-refractivity contribution in [2.45, 2.75) is 6.92 Å². The minimum absolute atomic E-state index is 0.0930. The van der Waals surface area contributed by atoms with E-state index in [0.29, 0.717) is 5.56 Å². The highest BCUT2D eigenvalue weighted by molar-refractivity contribution is 14.1. The molecule has 0 saturated carbocycles. The molecular weight excluding hydrogens is 405 g/mol. The Labute approximate surface area is 128 Å². The first-order valence-corrected chi connectivity index (χ1v) is 7.27. The lowest BCUT2D eigenvalue weighted by Gasteiger charge is -2.09. The average Bonchev–Trinajstić information content (AvgIpc) is 2.33. The molecule has 2 aromatic carbocycles. The standard InChI is InChI=1S/C14H11BrINO/c1-9-6-7-13(11(15)8-9)17-14(18)10-4-2-3-5-12(10)16/h2-8H,1H3,(H,17,18). The first kappa shape index (κ1) is 13.5. The summed E-state index contributed by atoms with van der Waals surface area (Å²) in [7, 11) is 0. The Morgan fingerprint density at radius 3 is 2.61 bits per heavy atom. The molecule has 18 heavy (non-hydrogen) atoms. The Balaban J connectivity index is 2.24. The Kier molecular flexibility index (Phi) is 4.40. The molecule has 0 radical (unpaired) electrons. The topological polar surface area (TPSA) is 29.1 Å². The number of carbonyl (C=O) groups excluding carboxylic acids is 1. The van der Waals surface area contributed by atoms with Crippen molar-refractivity contribution in [3.8, 4) is 0 Å². The van der Waals surface area contributed by atoms with Gasteiger partial charge in [-0.15, -0.1) is 0 Å². The van der Waals surface area contributed by atoms with Gasteiger partial charge in [0.05, 0.1) is 11.3 Å². The van der Waals surface area contributed by atoms with Gasteiger partial charge in [-0.25, -0.2) is 0 Å². The molecule has 0 atom stereocenters. The van der Waals surface area contributed by atoms with Crippen LogP contribution in [0.25, 0.3) is 0 Å². The van der Waals surface area contributed by atoms with Crippen LogP contribution < -0.4 is 5.32 Å². The Bertz CT molecular complexity index is 598. The Hall–Kier alpha value is -0.880. The molecule has 0 spiro atoms. The summed E-state index contributed by atoms with van der Waals surface area (Å²) >= 11 is 5.61. The van der Waals surface area contributed by atoms with Crippen molar-refractivity contribution in [3.63, 3.8) is 0 Å². The largest absolute Gasteiger partial charge is 0.321 e. The van der Waals surface area contributed by atoms with E-state index in [0.717, 1.165) is 19.3 Å². The summed E-state index contributed by atoms with van der Waals surface area (Å²) in [4.78, 5) is 12.1. The summed E-state index contributed by atoms with van der Waals surface area (Å²) in [6.07, 6.45) is 0. The summed E-state index contributed by atoms with van der Waals surface area (Å²) in [5, 5.41) is 2.90. The van der Waals surface area contributed by atoms with E-state index < -0.39 is 0 Å². The van der Waals surface area contributed by atoms with E-state index in [4.69, 9.17) is 0 Å². The third-order valence-electron chi connectivity index (χ3n) is 2.49. The maximum absolute atomic E-state index is 12.1. The number of hydrogen-bond donors (Lipinski definition) is 1. The van der Waals surface area contributed by atoms with Crippen LogP contribution >= 0.6 is 38.5 Å². The molecule has 0 aliphatic carbocycles. The van der Waals surface area contributed by atoms with Crippen molar-refractivity contribution in [1.29, 1.82) is 0 Å². The van der Waals surface area contributed by atoms with Crippen molar-refractivity contribution < 1.29 is 4.79 Å². The molecule has 0 heterocycles. The van der Waals surface area contributed by atoms with Crippen LogP contribution in [0.15, 0.2) is 46.9 Å². The molecule has 0 saturated heterocycles. The van der Waals surface area contributed by atoms with Gasteiger partial charge >= 0.3 is 0 Å². The first-order valence-electron chi connectivity index (χ1n) is 5.40. The number of amides is 1. The fourth-order valence-electron chi connectivity index (χ4n) is 1.56. The van der Waals surface area contributed by atoms with Crippen LogP contribution in [0.1, 0.15) is 15.9 Å². The molecule has 4 heteroatoms. The van der Waals surface area contributed by atoms with Crippen molar-refractivity contribution in [2.75, 3.05) is 5.32 Å². The molecule has 2 nitrogen and oxygen atoms in total. The summed E-state index contributed by atoms with van der Waals surface area (Å²) < 4.78 is 1.83. The number of hydrogen-bond acceptors (Lipinski definition) is 1. The smallest absolute Gasteiger partial charge is 0.256 e. The van der Waals surface area contributed by atoms with Crippen LogP contribution in [-0.4, -0.2) is 5.91 Å². The third kappa shape index (κ3) is 3.11. The lowest BCUT2D eigenvalue weighted by atomic mass is 10.2. The zero-order valence-corrected chi connectivity index (χ0v) is 13.4. The third-order valence-corrected chi connectivity index (χ3v) is 4.09. The summed E-state index contributed by atoms with van der Waals surface area (Å²) in [6, 6.07) is 13.4. The molecule has 1 amide bonds. The summed E-state index contributed by atoms with van der Waals surface area (Å²) in [5.74, 6) is -0.0930. The molecule has 0 aliphatic heterocycles. The van der Waals surface area contributed by atoms with E-state index in [1.54, 1.807) is 0 Å². The molecule has 92 valence electrons. The highest BCUT2D eigenvalue weighted by Crippen LogP contribution is 2.24. The lowest BCUT2D eigenvalue weighted by molar-refractivity contribution is 0.102. The fourth-order valence-corrected chi connectivity index (χ4v) is 2.78. The monoisotopic (exact) mass is 415 g/mol. The quantitative estimate of drug-likeness (QED) is 0.712. The predicted octanol–water partition coefficient (Wildman–Crippen LogP) is 4.61. The van der Waals surface area contributed by atoms with Crippen LogP contribution in [0.3, 0.4) is 0 Å². The molecule has 2 rings (SSSR count). The van der Waals surface area contributed by atoms with E-state index >= 15 is 0 Å². The van der Waals surface area contributed by atoms with E-state index in [1.165, 1.54) is 0 Å². The van der Waals surface area contributed by atoms with E-state index in [1.807, 2.05) is 49.4 Å². The van der Waals surface area contributed by atoms with E-state index in [9.17, 15) is 4.79 Å². The van der Waals surface area contributed by atoms with Crippen molar-refractivity contribution in [1.82, 2.24) is 0 Å². The molecule has 0 bridgehead atoms. The van der Waals surface area contributed by atoms with Crippen LogP contribution in [0.4, 0.5) is 5.69 Å². The number of anilines is 1. The van der Waals surface area contributed by atoms with Gasteiger partial charge in [0.15, 0.2) is 0 Å². The normalized spacial score (nSPS) is 10.2. The van der Waals surface area contributed by atoms with Gasteiger partial charge in [-0.05, 0) is 75.3 Å². The van der Waals surface area contributed by atoms with Crippen LogP contribution in [0.2, 0.25) is 0 Å². The van der Waals surface area contributed by atoms with Crippen LogP contribution in [-0.2, 0) is 0 Å². The highest BCUT2D eigenvalue weighted by atomic mass is 127. The second kappa shape index (κ2) is 5.84. The maximum atomic E-state index is 12.1. The highest BCUT2D eigenvalue weighted by Gasteiger charge is 2.10. The number of rotatable bonds is 2. The molecule has 2 aromatic rings. The van der Waals surface area contributed by atoms with Gasteiger partial charge < -0.3 is 5.32 Å². The minimum Gasteiger partial charge on any atom is -0.321 e. The zero-order valence-electron chi connectivity index (χ0n) is 9.71. The number of nitrogens with one attached hydrogen (secondary N) is 1. The van der Waals surface area contributed by atoms with E-state index in [-0.39, 0.29) is 5.91 Å². The van der Waals surface area contributed by atoms with Gasteiger partial charge in [-0.1, -0.05) is 18.2 Å². The summed E-state index contributed by atoms with van der Waals surface area (Å²) in [5.41, 5.74) is 2.62. The SMILES string of the molecule is Cc1ccc(NC(=O)c2ccccc2I)c(Br)c1. The second-order valence-electron chi connectivity index (χ2n) is 3.92. The van der Waals surface area contributed by atoms with Crippen molar-refractivity contribution in [3.05, 3.63) is 61.6 Å². The summed E-state index contributed by atoms with van der Waals surface area (Å²) in [6.45, 7) is 2.01. The first-order chi connectivity index (χ1) is 8.58. The second-order valence-corrected chi connectivity index (χ2v) is 5.93. The van der Waals surface area contributed by atoms with Crippen molar-refractivity contribution in [2.24, 2.45) is 0 Å². The minimum atomic E-state index is -0.0930.